The van der Waals surface area contributed by atoms with E-state index >= 15 is 0 Å². The lowest BCUT2D eigenvalue weighted by Gasteiger charge is -2.26. The molecule has 6 nitrogen and oxygen atoms in total. The standard InChI is InChI=1S/C21H17ClN2O4S/c22-15-10-13(5-6-17(15)25)20(26)24-16-7-8-29-19(16)21(27)23-14-9-12-3-1-2-4-18(12)28-11-14/h1-8,10,14,25H,9,11H2,(H,23,27)(H,24,26). The number of halogens is 1. The summed E-state index contributed by atoms with van der Waals surface area (Å²) in [4.78, 5) is 25.6. The molecule has 3 N–H and O–H groups in total. The number of carbonyl (C=O) groups is 2. The Balaban J connectivity index is 1.44. The van der Waals surface area contributed by atoms with E-state index in [-0.39, 0.29) is 28.3 Å². The number of thiophene rings is 1. The number of fused-ring (bicyclic) bond motifs is 1. The predicted molar refractivity (Wildman–Crippen MR) is 112 cm³/mol. The number of para-hydroxylation sites is 1. The third-order valence-corrected chi connectivity index (χ3v) is 5.76. The number of carbonyl (C=O) groups excluding carboxylic acids is 2. The second-order valence-electron chi connectivity index (χ2n) is 6.58. The summed E-state index contributed by atoms with van der Waals surface area (Å²) < 4.78 is 5.71. The van der Waals surface area contributed by atoms with E-state index < -0.39 is 5.91 Å². The quantitative estimate of drug-likeness (QED) is 0.584. The van der Waals surface area contributed by atoms with Crippen molar-refractivity contribution in [3.05, 3.63) is 74.9 Å². The van der Waals surface area contributed by atoms with Crippen LogP contribution in [0.3, 0.4) is 0 Å². The molecule has 148 valence electrons. The molecule has 0 aliphatic carbocycles. The molecule has 0 bridgehead atoms. The molecule has 0 saturated heterocycles. The minimum absolute atomic E-state index is 0.0820. The Morgan fingerprint density at radius 3 is 2.79 bits per heavy atom. The summed E-state index contributed by atoms with van der Waals surface area (Å²) in [5.41, 5.74) is 1.74. The third kappa shape index (κ3) is 4.21. The molecule has 4 rings (SSSR count). The predicted octanol–water partition coefficient (Wildman–Crippen LogP) is 4.09. The van der Waals surface area contributed by atoms with Gasteiger partial charge in [-0.05, 0) is 47.7 Å². The Morgan fingerprint density at radius 2 is 1.97 bits per heavy atom. The average molecular weight is 429 g/mol. The molecule has 1 aliphatic heterocycles. The first kappa shape index (κ1) is 19.3. The van der Waals surface area contributed by atoms with Gasteiger partial charge in [0, 0.05) is 5.56 Å². The Kier molecular flexibility index (Phi) is 5.42. The van der Waals surface area contributed by atoms with Gasteiger partial charge in [0.15, 0.2) is 0 Å². The van der Waals surface area contributed by atoms with Gasteiger partial charge in [-0.1, -0.05) is 29.8 Å². The zero-order chi connectivity index (χ0) is 20.4. The minimum Gasteiger partial charge on any atom is -0.506 e. The summed E-state index contributed by atoms with van der Waals surface area (Å²) in [5, 5.41) is 17.0. The van der Waals surface area contributed by atoms with Gasteiger partial charge < -0.3 is 20.5 Å². The fourth-order valence-corrected chi connectivity index (χ4v) is 4.03. The van der Waals surface area contributed by atoms with Gasteiger partial charge in [-0.15, -0.1) is 11.3 Å². The number of aromatic hydroxyl groups is 1. The van der Waals surface area contributed by atoms with Gasteiger partial charge in [-0.25, -0.2) is 0 Å². The molecular formula is C21H17ClN2O4S. The molecule has 0 radical (unpaired) electrons. The van der Waals surface area contributed by atoms with Crippen molar-refractivity contribution in [3.8, 4) is 11.5 Å². The molecule has 0 fully saturated rings. The number of hydrogen-bond acceptors (Lipinski definition) is 5. The van der Waals surface area contributed by atoms with Gasteiger partial charge >= 0.3 is 0 Å². The Morgan fingerprint density at radius 1 is 1.14 bits per heavy atom. The normalized spacial score (nSPS) is 15.1. The SMILES string of the molecule is O=C(Nc1ccsc1C(=O)NC1COc2ccccc2C1)c1ccc(O)c(Cl)c1. The number of ether oxygens (including phenoxy) is 1. The van der Waals surface area contributed by atoms with Crippen molar-refractivity contribution in [2.45, 2.75) is 12.5 Å². The van der Waals surface area contributed by atoms with Crippen molar-refractivity contribution < 1.29 is 19.4 Å². The molecule has 1 atom stereocenters. The number of benzene rings is 2. The summed E-state index contributed by atoms with van der Waals surface area (Å²) in [6.07, 6.45) is 0.682. The first-order chi connectivity index (χ1) is 14.0. The van der Waals surface area contributed by atoms with Crippen molar-refractivity contribution >= 4 is 40.4 Å². The third-order valence-electron chi connectivity index (χ3n) is 4.54. The molecule has 2 amide bonds. The Labute approximate surface area is 176 Å². The highest BCUT2D eigenvalue weighted by molar-refractivity contribution is 7.12. The second-order valence-corrected chi connectivity index (χ2v) is 7.90. The van der Waals surface area contributed by atoms with Gasteiger partial charge in [0.05, 0.1) is 16.8 Å². The fraction of sp³-hybridized carbons (Fsp3) is 0.143. The van der Waals surface area contributed by atoms with Crippen LogP contribution in [-0.2, 0) is 6.42 Å². The molecule has 8 heteroatoms. The fourth-order valence-electron chi connectivity index (χ4n) is 3.10. The van der Waals surface area contributed by atoms with Crippen LogP contribution in [0.2, 0.25) is 5.02 Å². The van der Waals surface area contributed by atoms with Crippen LogP contribution < -0.4 is 15.4 Å². The van der Waals surface area contributed by atoms with E-state index in [1.165, 1.54) is 29.5 Å². The van der Waals surface area contributed by atoms with E-state index in [1.54, 1.807) is 11.4 Å². The maximum Gasteiger partial charge on any atom is 0.263 e. The second kappa shape index (κ2) is 8.14. The van der Waals surface area contributed by atoms with Crippen molar-refractivity contribution in [1.29, 1.82) is 0 Å². The lowest BCUT2D eigenvalue weighted by atomic mass is 10.0. The van der Waals surface area contributed by atoms with Crippen LogP contribution in [0.5, 0.6) is 11.5 Å². The van der Waals surface area contributed by atoms with E-state index in [9.17, 15) is 14.7 Å². The number of rotatable bonds is 4. The molecular weight excluding hydrogens is 412 g/mol. The molecule has 2 aromatic carbocycles. The van der Waals surface area contributed by atoms with Gasteiger partial charge in [0.1, 0.15) is 23.0 Å². The highest BCUT2D eigenvalue weighted by Gasteiger charge is 2.24. The van der Waals surface area contributed by atoms with Crippen molar-refractivity contribution in [2.24, 2.45) is 0 Å². The Hall–Kier alpha value is -3.03. The van der Waals surface area contributed by atoms with Crippen LogP contribution in [0, 0.1) is 0 Å². The van der Waals surface area contributed by atoms with E-state index in [4.69, 9.17) is 16.3 Å². The van der Waals surface area contributed by atoms with Crippen LogP contribution in [0.4, 0.5) is 5.69 Å². The topological polar surface area (TPSA) is 87.7 Å². The van der Waals surface area contributed by atoms with Crippen molar-refractivity contribution in [1.82, 2.24) is 5.32 Å². The molecule has 29 heavy (non-hydrogen) atoms. The number of phenols is 1. The molecule has 0 spiro atoms. The summed E-state index contributed by atoms with van der Waals surface area (Å²) >= 11 is 7.10. The first-order valence-corrected chi connectivity index (χ1v) is 10.2. The Bertz CT molecular complexity index is 1080. The number of hydrogen-bond donors (Lipinski definition) is 3. The van der Waals surface area contributed by atoms with Crippen molar-refractivity contribution in [3.63, 3.8) is 0 Å². The molecule has 1 aliphatic rings. The molecule has 1 aromatic heterocycles. The van der Waals surface area contributed by atoms with Crippen LogP contribution in [0.1, 0.15) is 25.6 Å². The molecule has 3 aromatic rings. The summed E-state index contributed by atoms with van der Waals surface area (Å²) in [6.45, 7) is 0.391. The first-order valence-electron chi connectivity index (χ1n) is 8.90. The zero-order valence-corrected chi connectivity index (χ0v) is 16.7. The van der Waals surface area contributed by atoms with Crippen molar-refractivity contribution in [2.75, 3.05) is 11.9 Å². The zero-order valence-electron chi connectivity index (χ0n) is 15.1. The highest BCUT2D eigenvalue weighted by atomic mass is 35.5. The maximum atomic E-state index is 12.8. The van der Waals surface area contributed by atoms with Gasteiger partial charge in [-0.2, -0.15) is 0 Å². The number of phenolic OH excluding ortho intramolecular Hbond substituents is 1. The van der Waals surface area contributed by atoms with Crippen LogP contribution in [0.25, 0.3) is 0 Å². The lowest BCUT2D eigenvalue weighted by Crippen LogP contribution is -2.42. The average Bonchev–Trinajstić information content (AvgIpc) is 3.18. The van der Waals surface area contributed by atoms with E-state index in [2.05, 4.69) is 10.6 Å². The summed E-state index contributed by atoms with van der Waals surface area (Å²) in [7, 11) is 0. The molecule has 0 saturated carbocycles. The van der Waals surface area contributed by atoms with Crippen LogP contribution >= 0.6 is 22.9 Å². The number of nitrogens with one attached hydrogen (secondary N) is 2. The molecule has 2 heterocycles. The highest BCUT2D eigenvalue weighted by Crippen LogP contribution is 2.27. The van der Waals surface area contributed by atoms with E-state index in [0.717, 1.165) is 11.3 Å². The number of anilines is 1. The van der Waals surface area contributed by atoms with Gasteiger partial charge in [0.2, 0.25) is 0 Å². The largest absolute Gasteiger partial charge is 0.506 e. The van der Waals surface area contributed by atoms with Crippen LogP contribution in [0.15, 0.2) is 53.9 Å². The van der Waals surface area contributed by atoms with Gasteiger partial charge in [0.25, 0.3) is 11.8 Å². The monoisotopic (exact) mass is 428 g/mol. The van der Waals surface area contributed by atoms with E-state index in [0.29, 0.717) is 23.6 Å². The number of amides is 2. The van der Waals surface area contributed by atoms with Crippen LogP contribution in [-0.4, -0.2) is 29.6 Å². The maximum absolute atomic E-state index is 12.8. The smallest absolute Gasteiger partial charge is 0.263 e. The summed E-state index contributed by atoms with van der Waals surface area (Å²) in [5.74, 6) is 0.0472. The molecule has 1 unspecified atom stereocenters. The minimum atomic E-state index is -0.422. The summed E-state index contributed by atoms with van der Waals surface area (Å²) in [6, 6.07) is 13.4. The van der Waals surface area contributed by atoms with Gasteiger partial charge in [-0.3, -0.25) is 9.59 Å². The van der Waals surface area contributed by atoms with E-state index in [1.807, 2.05) is 24.3 Å². The lowest BCUT2D eigenvalue weighted by molar-refractivity contribution is 0.0920.